The molecule has 0 radical (unpaired) electrons. The Morgan fingerprint density at radius 2 is 2.07 bits per heavy atom. The second-order valence-electron chi connectivity index (χ2n) is 7.92. The Kier molecular flexibility index (Phi) is 6.04. The van der Waals surface area contributed by atoms with E-state index in [9.17, 15) is 14.3 Å². The van der Waals surface area contributed by atoms with Gasteiger partial charge in [0.2, 0.25) is 5.91 Å². The van der Waals surface area contributed by atoms with Gasteiger partial charge in [-0.2, -0.15) is 0 Å². The van der Waals surface area contributed by atoms with Gasteiger partial charge >= 0.3 is 0 Å². The molecule has 1 unspecified atom stereocenters. The van der Waals surface area contributed by atoms with E-state index in [1.807, 2.05) is 0 Å². The highest BCUT2D eigenvalue weighted by Crippen LogP contribution is 2.42. The predicted octanol–water partition coefficient (Wildman–Crippen LogP) is 2.31. The summed E-state index contributed by atoms with van der Waals surface area (Å²) in [5, 5.41) is 10.2. The van der Waals surface area contributed by atoms with Crippen molar-refractivity contribution in [2.75, 3.05) is 37.6 Å². The van der Waals surface area contributed by atoms with Crippen LogP contribution in [0.5, 0.6) is 0 Å². The largest absolute Gasteiger partial charge is 0.387 e. The Hall–Kier alpha value is -2.10. The van der Waals surface area contributed by atoms with E-state index in [1.54, 1.807) is 17.0 Å². The molecule has 0 saturated carbocycles. The molecule has 1 amide bonds. The number of amides is 1. The molecular formula is C21H25BrFN5O2. The molecule has 2 aliphatic rings. The van der Waals surface area contributed by atoms with Gasteiger partial charge < -0.3 is 20.6 Å². The third-order valence-electron chi connectivity index (χ3n) is 6.04. The number of rotatable bonds is 4. The second-order valence-corrected chi connectivity index (χ2v) is 8.83. The van der Waals surface area contributed by atoms with Crippen molar-refractivity contribution in [1.82, 2.24) is 14.9 Å². The van der Waals surface area contributed by atoms with Gasteiger partial charge in [0.25, 0.3) is 0 Å². The van der Waals surface area contributed by atoms with E-state index in [-0.39, 0.29) is 18.4 Å². The van der Waals surface area contributed by atoms with Gasteiger partial charge in [-0.05, 0) is 24.5 Å². The minimum absolute atomic E-state index is 0.0480. The smallest absolute Gasteiger partial charge is 0.231 e. The highest BCUT2D eigenvalue weighted by Gasteiger charge is 2.35. The Morgan fingerprint density at radius 1 is 1.33 bits per heavy atom. The van der Waals surface area contributed by atoms with E-state index in [0.717, 1.165) is 11.4 Å². The molecule has 3 N–H and O–H groups in total. The van der Waals surface area contributed by atoms with Crippen molar-refractivity contribution >= 4 is 27.7 Å². The summed E-state index contributed by atoms with van der Waals surface area (Å²) >= 11 is 3.24. The number of nitrogens with zero attached hydrogens (tertiary/aromatic N) is 4. The summed E-state index contributed by atoms with van der Waals surface area (Å²) in [4.78, 5) is 25.7. The zero-order valence-corrected chi connectivity index (χ0v) is 18.3. The van der Waals surface area contributed by atoms with Crippen LogP contribution in [0.25, 0.3) is 0 Å². The van der Waals surface area contributed by atoms with Gasteiger partial charge in [0.05, 0.1) is 17.7 Å². The maximum absolute atomic E-state index is 14.4. The summed E-state index contributed by atoms with van der Waals surface area (Å²) in [6.07, 6.45) is 1.59. The van der Waals surface area contributed by atoms with Crippen LogP contribution < -0.4 is 10.6 Å². The molecule has 3 atom stereocenters. The van der Waals surface area contributed by atoms with Crippen molar-refractivity contribution in [2.45, 2.75) is 31.3 Å². The lowest BCUT2D eigenvalue weighted by molar-refractivity contribution is -0.133. The first kappa shape index (κ1) is 21.1. The molecule has 7 nitrogen and oxygen atoms in total. The number of carbonyl (C=O) groups is 1. The molecule has 0 bridgehead atoms. The number of nitrogens with two attached hydrogens (primary N) is 1. The molecule has 0 spiro atoms. The molecule has 4 rings (SSSR count). The first-order valence-corrected chi connectivity index (χ1v) is 10.9. The average molecular weight is 478 g/mol. The van der Waals surface area contributed by atoms with Crippen molar-refractivity contribution in [3.05, 3.63) is 51.6 Å². The highest BCUT2D eigenvalue weighted by molar-refractivity contribution is 9.10. The topological polar surface area (TPSA) is 95.6 Å². The summed E-state index contributed by atoms with van der Waals surface area (Å²) in [5.74, 6) is -0.271. The zero-order chi connectivity index (χ0) is 21.4. The number of piperazine rings is 1. The molecular weight excluding hydrogens is 453 g/mol. The van der Waals surface area contributed by atoms with E-state index < -0.39 is 17.8 Å². The normalized spacial score (nSPS) is 22.2. The third-order valence-corrected chi connectivity index (χ3v) is 6.53. The number of hydrogen-bond donors (Lipinski definition) is 2. The Morgan fingerprint density at radius 3 is 2.73 bits per heavy atom. The van der Waals surface area contributed by atoms with Gasteiger partial charge in [-0.25, -0.2) is 14.4 Å². The molecule has 1 aromatic carbocycles. The quantitative estimate of drug-likeness (QED) is 0.701. The molecule has 1 aromatic heterocycles. The van der Waals surface area contributed by atoms with Crippen LogP contribution in [0.15, 0.2) is 29.0 Å². The number of anilines is 1. The van der Waals surface area contributed by atoms with Crippen LogP contribution in [-0.2, 0) is 4.79 Å². The van der Waals surface area contributed by atoms with E-state index in [2.05, 4.69) is 37.7 Å². The standard InChI is InChI=1S/C21H25BrFN5O2/c1-12-8-17(29)19-18(12)20(26-11-25-19)27-4-6-28(7-5-27)21(30)15(10-24)14-3-2-13(22)9-16(14)23/h2-3,9,11-12,15,17,29H,4-8,10,24H2,1H3/t12-,15?,17+/m1/s1. The van der Waals surface area contributed by atoms with E-state index in [4.69, 9.17) is 5.73 Å². The molecule has 1 saturated heterocycles. The maximum atomic E-state index is 14.4. The van der Waals surface area contributed by atoms with E-state index >= 15 is 0 Å². The maximum Gasteiger partial charge on any atom is 0.231 e. The second kappa shape index (κ2) is 8.56. The van der Waals surface area contributed by atoms with Crippen LogP contribution in [0.3, 0.4) is 0 Å². The fourth-order valence-corrected chi connectivity index (χ4v) is 4.79. The highest BCUT2D eigenvalue weighted by atomic mass is 79.9. The molecule has 2 heterocycles. The van der Waals surface area contributed by atoms with Crippen molar-refractivity contribution in [2.24, 2.45) is 5.73 Å². The van der Waals surface area contributed by atoms with E-state index in [1.165, 1.54) is 12.4 Å². The van der Waals surface area contributed by atoms with Crippen molar-refractivity contribution in [1.29, 1.82) is 0 Å². The number of aromatic nitrogens is 2. The summed E-state index contributed by atoms with van der Waals surface area (Å²) in [6, 6.07) is 4.69. The Labute approximate surface area is 183 Å². The SMILES string of the molecule is C[C@@H]1C[C@H](O)c2ncnc(N3CCN(C(=O)C(CN)c4ccc(Br)cc4F)CC3)c21. The number of fused-ring (bicyclic) bond motifs is 1. The van der Waals surface area contributed by atoms with Crippen molar-refractivity contribution in [3.63, 3.8) is 0 Å². The number of halogens is 2. The van der Waals surface area contributed by atoms with E-state index in [0.29, 0.717) is 48.3 Å². The van der Waals surface area contributed by atoms with Gasteiger partial charge in [0, 0.05) is 48.3 Å². The third kappa shape index (κ3) is 3.81. The first-order valence-electron chi connectivity index (χ1n) is 10.1. The van der Waals surface area contributed by atoms with Crippen molar-refractivity contribution < 1.29 is 14.3 Å². The van der Waals surface area contributed by atoms with Crippen molar-refractivity contribution in [3.8, 4) is 0 Å². The number of aliphatic hydroxyl groups is 1. The lowest BCUT2D eigenvalue weighted by Gasteiger charge is -2.37. The minimum Gasteiger partial charge on any atom is -0.387 e. The molecule has 9 heteroatoms. The minimum atomic E-state index is -0.705. The van der Waals surface area contributed by atoms with Gasteiger partial charge in [-0.3, -0.25) is 4.79 Å². The number of benzene rings is 1. The summed E-state index contributed by atoms with van der Waals surface area (Å²) in [5.41, 5.74) is 7.88. The number of hydrogen-bond acceptors (Lipinski definition) is 6. The fourth-order valence-electron chi connectivity index (χ4n) is 4.46. The summed E-state index contributed by atoms with van der Waals surface area (Å²) in [7, 11) is 0. The predicted molar refractivity (Wildman–Crippen MR) is 115 cm³/mol. The van der Waals surface area contributed by atoms with Gasteiger partial charge in [-0.15, -0.1) is 0 Å². The first-order chi connectivity index (χ1) is 14.4. The fraction of sp³-hybridized carbons (Fsp3) is 0.476. The zero-order valence-electron chi connectivity index (χ0n) is 16.8. The van der Waals surface area contributed by atoms with Crippen LogP contribution in [-0.4, -0.2) is 58.6 Å². The Bertz CT molecular complexity index is 951. The summed E-state index contributed by atoms with van der Waals surface area (Å²) < 4.78 is 15.0. The molecule has 1 aliphatic heterocycles. The lowest BCUT2D eigenvalue weighted by Crippen LogP contribution is -2.51. The van der Waals surface area contributed by atoms with Crippen LogP contribution in [0, 0.1) is 5.82 Å². The van der Waals surface area contributed by atoms with Crippen LogP contribution in [0.4, 0.5) is 10.2 Å². The summed E-state index contributed by atoms with van der Waals surface area (Å²) in [6.45, 7) is 4.34. The lowest BCUT2D eigenvalue weighted by atomic mass is 9.96. The van der Waals surface area contributed by atoms with Gasteiger partial charge in [0.15, 0.2) is 0 Å². The van der Waals surface area contributed by atoms with Crippen LogP contribution in [0.2, 0.25) is 0 Å². The van der Waals surface area contributed by atoms with Crippen LogP contribution in [0.1, 0.15) is 48.1 Å². The average Bonchev–Trinajstić information content (AvgIpc) is 3.04. The molecule has 30 heavy (non-hydrogen) atoms. The molecule has 160 valence electrons. The molecule has 1 fully saturated rings. The Balaban J connectivity index is 1.48. The number of carbonyl (C=O) groups excluding carboxylic acids is 1. The molecule has 2 aromatic rings. The monoisotopic (exact) mass is 477 g/mol. The number of aliphatic hydroxyl groups excluding tert-OH is 1. The van der Waals surface area contributed by atoms with Gasteiger partial charge in [-0.1, -0.05) is 28.9 Å². The molecule has 1 aliphatic carbocycles. The van der Waals surface area contributed by atoms with Gasteiger partial charge in [0.1, 0.15) is 18.0 Å². The van der Waals surface area contributed by atoms with Crippen LogP contribution >= 0.6 is 15.9 Å².